The van der Waals surface area contributed by atoms with Crippen LogP contribution < -0.4 is 10.6 Å². The lowest BCUT2D eigenvalue weighted by Crippen LogP contribution is -2.34. The number of hydrogen-bond donors (Lipinski definition) is 2. The summed E-state index contributed by atoms with van der Waals surface area (Å²) in [5, 5.41) is 5.82. The van der Waals surface area contributed by atoms with Crippen molar-refractivity contribution in [3.8, 4) is 0 Å². The highest BCUT2D eigenvalue weighted by atomic mass is 16.5. The maximum Gasteiger partial charge on any atom is 0.310 e. The zero-order valence-corrected chi connectivity index (χ0v) is 13.6. The van der Waals surface area contributed by atoms with E-state index in [2.05, 4.69) is 10.6 Å². The molecule has 0 spiro atoms. The van der Waals surface area contributed by atoms with E-state index in [1.54, 1.807) is 0 Å². The molecule has 0 aliphatic rings. The summed E-state index contributed by atoms with van der Waals surface area (Å²) in [6.45, 7) is 3.12. The number of esters is 1. The van der Waals surface area contributed by atoms with Gasteiger partial charge in [-0.2, -0.15) is 0 Å². The lowest BCUT2D eigenvalue weighted by atomic mass is 9.98. The van der Waals surface area contributed by atoms with E-state index in [1.165, 1.54) is 7.11 Å². The van der Waals surface area contributed by atoms with Crippen LogP contribution in [0.4, 0.5) is 0 Å². The second kappa shape index (κ2) is 9.95. The SMILES string of the molecule is CNCCCC(=O)NCC(Cc1cccc(C)c1)C(=O)OC. The predicted molar refractivity (Wildman–Crippen MR) is 86.6 cm³/mol. The number of methoxy groups -OCH3 is 1. The molecule has 0 aliphatic heterocycles. The zero-order chi connectivity index (χ0) is 16.4. The minimum absolute atomic E-state index is 0.0339. The first-order valence-electron chi connectivity index (χ1n) is 7.61. The number of nitrogens with one attached hydrogen (secondary N) is 2. The van der Waals surface area contributed by atoms with Crippen molar-refractivity contribution in [2.45, 2.75) is 26.2 Å². The minimum Gasteiger partial charge on any atom is -0.469 e. The molecule has 1 unspecified atom stereocenters. The Bertz CT molecular complexity index is 489. The predicted octanol–water partition coefficient (Wildman–Crippen LogP) is 1.44. The highest BCUT2D eigenvalue weighted by Crippen LogP contribution is 2.12. The van der Waals surface area contributed by atoms with Gasteiger partial charge < -0.3 is 15.4 Å². The van der Waals surface area contributed by atoms with Crippen molar-refractivity contribution in [1.29, 1.82) is 0 Å². The van der Waals surface area contributed by atoms with Crippen LogP contribution in [0.25, 0.3) is 0 Å². The first-order chi connectivity index (χ1) is 10.6. The molecule has 0 saturated heterocycles. The number of carbonyl (C=O) groups excluding carboxylic acids is 2. The van der Waals surface area contributed by atoms with E-state index in [4.69, 9.17) is 4.74 Å². The molecule has 5 nitrogen and oxygen atoms in total. The number of amides is 1. The summed E-state index contributed by atoms with van der Waals surface area (Å²) < 4.78 is 4.85. The zero-order valence-electron chi connectivity index (χ0n) is 13.6. The number of hydrogen-bond acceptors (Lipinski definition) is 4. The third kappa shape index (κ3) is 6.72. The van der Waals surface area contributed by atoms with Crippen molar-refractivity contribution in [3.05, 3.63) is 35.4 Å². The van der Waals surface area contributed by atoms with Gasteiger partial charge in [0.2, 0.25) is 5.91 Å². The molecule has 0 saturated carbocycles. The smallest absolute Gasteiger partial charge is 0.310 e. The van der Waals surface area contributed by atoms with Crippen molar-refractivity contribution in [1.82, 2.24) is 10.6 Å². The van der Waals surface area contributed by atoms with Crippen molar-refractivity contribution in [2.75, 3.05) is 27.2 Å². The van der Waals surface area contributed by atoms with E-state index in [-0.39, 0.29) is 17.8 Å². The summed E-state index contributed by atoms with van der Waals surface area (Å²) in [6.07, 6.45) is 1.80. The van der Waals surface area contributed by atoms with Crippen LogP contribution in [0.5, 0.6) is 0 Å². The Kier molecular flexibility index (Phi) is 8.22. The lowest BCUT2D eigenvalue weighted by molar-refractivity contribution is -0.145. The van der Waals surface area contributed by atoms with E-state index in [0.29, 0.717) is 19.4 Å². The first-order valence-corrected chi connectivity index (χ1v) is 7.61. The third-order valence-electron chi connectivity index (χ3n) is 3.48. The van der Waals surface area contributed by atoms with Gasteiger partial charge in [0.05, 0.1) is 13.0 Å². The van der Waals surface area contributed by atoms with Crippen LogP contribution in [0.15, 0.2) is 24.3 Å². The van der Waals surface area contributed by atoms with E-state index < -0.39 is 0 Å². The number of carbonyl (C=O) groups is 2. The van der Waals surface area contributed by atoms with Gasteiger partial charge in [-0.05, 0) is 38.9 Å². The van der Waals surface area contributed by atoms with E-state index >= 15 is 0 Å². The highest BCUT2D eigenvalue weighted by molar-refractivity contribution is 5.78. The molecular formula is C17H26N2O3. The summed E-state index contributed by atoms with van der Waals surface area (Å²) >= 11 is 0. The average molecular weight is 306 g/mol. The Morgan fingerprint density at radius 1 is 1.32 bits per heavy atom. The van der Waals surface area contributed by atoms with Crippen LogP contribution in [0.3, 0.4) is 0 Å². The maximum absolute atomic E-state index is 11.9. The Labute approximate surface area is 132 Å². The quantitative estimate of drug-likeness (QED) is 0.535. The standard InChI is InChI=1S/C17H26N2O3/c1-13-6-4-7-14(10-13)11-15(17(21)22-3)12-19-16(20)8-5-9-18-2/h4,6-7,10,15,18H,5,8-9,11-12H2,1-3H3,(H,19,20). The van der Waals surface area contributed by atoms with E-state index in [9.17, 15) is 9.59 Å². The van der Waals surface area contributed by atoms with Gasteiger partial charge >= 0.3 is 5.97 Å². The number of rotatable bonds is 9. The fourth-order valence-corrected chi connectivity index (χ4v) is 2.28. The number of aryl methyl sites for hydroxylation is 1. The molecule has 22 heavy (non-hydrogen) atoms. The molecule has 1 atom stereocenters. The molecule has 0 radical (unpaired) electrons. The topological polar surface area (TPSA) is 67.4 Å². The van der Waals surface area contributed by atoms with Gasteiger partial charge in [0.15, 0.2) is 0 Å². The molecule has 1 amide bonds. The minimum atomic E-state index is -0.361. The van der Waals surface area contributed by atoms with Crippen LogP contribution in [0.1, 0.15) is 24.0 Å². The molecular weight excluding hydrogens is 280 g/mol. The summed E-state index contributed by atoms with van der Waals surface area (Å²) in [5.41, 5.74) is 2.22. The summed E-state index contributed by atoms with van der Waals surface area (Å²) in [7, 11) is 3.23. The second-order valence-corrected chi connectivity index (χ2v) is 5.42. The Balaban J connectivity index is 2.54. The van der Waals surface area contributed by atoms with Gasteiger partial charge in [-0.15, -0.1) is 0 Å². The van der Waals surface area contributed by atoms with Crippen LogP contribution in [-0.4, -0.2) is 39.1 Å². The highest BCUT2D eigenvalue weighted by Gasteiger charge is 2.20. The van der Waals surface area contributed by atoms with Gasteiger partial charge in [0.1, 0.15) is 0 Å². The van der Waals surface area contributed by atoms with E-state index in [0.717, 1.165) is 24.1 Å². The molecule has 5 heteroatoms. The van der Waals surface area contributed by atoms with Crippen LogP contribution in [0.2, 0.25) is 0 Å². The van der Waals surface area contributed by atoms with Gasteiger partial charge in [0, 0.05) is 13.0 Å². The third-order valence-corrected chi connectivity index (χ3v) is 3.48. The molecule has 122 valence electrons. The van der Waals surface area contributed by atoms with E-state index in [1.807, 2.05) is 38.2 Å². The summed E-state index contributed by atoms with van der Waals surface area (Å²) in [6, 6.07) is 8.01. The molecule has 0 bridgehead atoms. The Hall–Kier alpha value is -1.88. The van der Waals surface area contributed by atoms with Crippen LogP contribution >= 0.6 is 0 Å². The van der Waals surface area contributed by atoms with Gasteiger partial charge in [-0.25, -0.2) is 0 Å². The number of benzene rings is 1. The molecule has 1 aromatic carbocycles. The molecule has 1 aromatic rings. The normalized spacial score (nSPS) is 11.8. The molecule has 0 fully saturated rings. The summed E-state index contributed by atoms with van der Waals surface area (Å²) in [5.74, 6) is -0.689. The Morgan fingerprint density at radius 3 is 2.73 bits per heavy atom. The Morgan fingerprint density at radius 2 is 2.09 bits per heavy atom. The van der Waals surface area contributed by atoms with Crippen molar-refractivity contribution < 1.29 is 14.3 Å². The fourth-order valence-electron chi connectivity index (χ4n) is 2.28. The van der Waals surface area contributed by atoms with Gasteiger partial charge in [-0.1, -0.05) is 29.8 Å². The molecule has 2 N–H and O–H groups in total. The molecule has 1 rings (SSSR count). The van der Waals surface area contributed by atoms with Gasteiger partial charge in [-0.3, -0.25) is 9.59 Å². The second-order valence-electron chi connectivity index (χ2n) is 5.42. The van der Waals surface area contributed by atoms with Crippen LogP contribution in [-0.2, 0) is 20.7 Å². The van der Waals surface area contributed by atoms with Crippen LogP contribution in [0, 0.1) is 12.8 Å². The van der Waals surface area contributed by atoms with Crippen molar-refractivity contribution in [3.63, 3.8) is 0 Å². The maximum atomic E-state index is 11.9. The number of ether oxygens (including phenoxy) is 1. The average Bonchev–Trinajstić information content (AvgIpc) is 2.51. The lowest BCUT2D eigenvalue weighted by Gasteiger charge is -2.16. The van der Waals surface area contributed by atoms with Crippen molar-refractivity contribution >= 4 is 11.9 Å². The monoisotopic (exact) mass is 306 g/mol. The summed E-state index contributed by atoms with van der Waals surface area (Å²) in [4.78, 5) is 23.6. The molecule has 0 aromatic heterocycles. The first kappa shape index (κ1) is 18.2. The van der Waals surface area contributed by atoms with Gasteiger partial charge in [0.25, 0.3) is 0 Å². The fraction of sp³-hybridized carbons (Fsp3) is 0.529. The largest absolute Gasteiger partial charge is 0.469 e. The molecule has 0 aliphatic carbocycles. The molecule has 0 heterocycles. The van der Waals surface area contributed by atoms with Crippen molar-refractivity contribution in [2.24, 2.45) is 5.92 Å².